The van der Waals surface area contributed by atoms with Crippen LogP contribution < -0.4 is 0 Å². The number of ether oxygens (including phenoxy) is 2. The molecule has 3 heteroatoms. The topological polar surface area (TPSA) is 35.5 Å². The number of methoxy groups -OCH3 is 1. The Balaban J connectivity index is 2.59. The molecular formula is C11H18O3. The molecule has 1 unspecified atom stereocenters. The maximum absolute atomic E-state index is 11.2. The van der Waals surface area contributed by atoms with E-state index in [9.17, 15) is 4.79 Å². The quantitative estimate of drug-likeness (QED) is 0.512. The highest BCUT2D eigenvalue weighted by atomic mass is 16.5. The van der Waals surface area contributed by atoms with Crippen molar-refractivity contribution in [1.29, 1.82) is 0 Å². The fourth-order valence-corrected chi connectivity index (χ4v) is 1.88. The molecule has 0 saturated carbocycles. The van der Waals surface area contributed by atoms with E-state index in [1.54, 1.807) is 0 Å². The summed E-state index contributed by atoms with van der Waals surface area (Å²) in [6.07, 6.45) is 6.00. The second-order valence-electron chi connectivity index (χ2n) is 3.73. The SMILES string of the molecule is C=CCC1(CC(=O)OC)CCCCO1. The second-order valence-corrected chi connectivity index (χ2v) is 3.73. The van der Waals surface area contributed by atoms with Gasteiger partial charge in [0, 0.05) is 6.61 Å². The maximum Gasteiger partial charge on any atom is 0.308 e. The molecule has 0 aromatic carbocycles. The third-order valence-corrected chi connectivity index (χ3v) is 2.65. The van der Waals surface area contributed by atoms with Crippen molar-refractivity contribution in [2.24, 2.45) is 0 Å². The van der Waals surface area contributed by atoms with Crippen LogP contribution >= 0.6 is 0 Å². The van der Waals surface area contributed by atoms with Crippen LogP contribution in [0.5, 0.6) is 0 Å². The monoisotopic (exact) mass is 198 g/mol. The number of hydrogen-bond acceptors (Lipinski definition) is 3. The Bertz CT molecular complexity index is 205. The molecule has 0 radical (unpaired) electrons. The molecule has 1 fully saturated rings. The molecule has 1 aliphatic heterocycles. The van der Waals surface area contributed by atoms with Crippen molar-refractivity contribution in [3.63, 3.8) is 0 Å². The predicted octanol–water partition coefficient (Wildman–Crippen LogP) is 2.06. The van der Waals surface area contributed by atoms with Gasteiger partial charge in [-0.1, -0.05) is 6.08 Å². The lowest BCUT2D eigenvalue weighted by Crippen LogP contribution is -2.38. The summed E-state index contributed by atoms with van der Waals surface area (Å²) in [7, 11) is 1.41. The van der Waals surface area contributed by atoms with Crippen molar-refractivity contribution < 1.29 is 14.3 Å². The minimum Gasteiger partial charge on any atom is -0.469 e. The lowest BCUT2D eigenvalue weighted by Gasteiger charge is -2.35. The van der Waals surface area contributed by atoms with Gasteiger partial charge in [-0.15, -0.1) is 6.58 Å². The van der Waals surface area contributed by atoms with Crippen LogP contribution in [-0.4, -0.2) is 25.3 Å². The molecule has 1 saturated heterocycles. The van der Waals surface area contributed by atoms with E-state index in [4.69, 9.17) is 4.74 Å². The summed E-state index contributed by atoms with van der Waals surface area (Å²) in [4.78, 5) is 11.2. The highest BCUT2D eigenvalue weighted by Crippen LogP contribution is 2.32. The van der Waals surface area contributed by atoms with Gasteiger partial charge in [-0.2, -0.15) is 0 Å². The Morgan fingerprint density at radius 2 is 2.43 bits per heavy atom. The summed E-state index contributed by atoms with van der Waals surface area (Å²) in [5.74, 6) is -0.200. The van der Waals surface area contributed by atoms with Crippen LogP contribution in [0.15, 0.2) is 12.7 Å². The largest absolute Gasteiger partial charge is 0.469 e. The summed E-state index contributed by atoms with van der Waals surface area (Å²) in [6.45, 7) is 4.44. The van der Waals surface area contributed by atoms with E-state index in [2.05, 4.69) is 11.3 Å². The van der Waals surface area contributed by atoms with Crippen molar-refractivity contribution >= 4 is 5.97 Å². The Morgan fingerprint density at radius 1 is 1.64 bits per heavy atom. The first-order chi connectivity index (χ1) is 6.72. The minimum absolute atomic E-state index is 0.200. The fraction of sp³-hybridized carbons (Fsp3) is 0.727. The lowest BCUT2D eigenvalue weighted by atomic mass is 9.87. The standard InChI is InChI=1S/C11H18O3/c1-3-6-11(9-10(12)13-2)7-4-5-8-14-11/h3H,1,4-9H2,2H3. The van der Waals surface area contributed by atoms with Crippen LogP contribution in [0.25, 0.3) is 0 Å². The first-order valence-corrected chi connectivity index (χ1v) is 5.04. The molecule has 0 aromatic rings. The van der Waals surface area contributed by atoms with E-state index in [1.807, 2.05) is 6.08 Å². The summed E-state index contributed by atoms with van der Waals surface area (Å²) in [6, 6.07) is 0. The first kappa shape index (κ1) is 11.2. The first-order valence-electron chi connectivity index (χ1n) is 5.04. The molecule has 1 aliphatic rings. The Morgan fingerprint density at radius 3 is 2.93 bits per heavy atom. The normalized spacial score (nSPS) is 26.9. The molecule has 1 heterocycles. The van der Waals surface area contributed by atoms with E-state index >= 15 is 0 Å². The van der Waals surface area contributed by atoms with Crippen LogP contribution in [0, 0.1) is 0 Å². The number of esters is 1. The summed E-state index contributed by atoms with van der Waals surface area (Å²) in [5.41, 5.74) is -0.340. The third kappa shape index (κ3) is 2.84. The molecule has 3 nitrogen and oxygen atoms in total. The number of carbonyl (C=O) groups excluding carboxylic acids is 1. The number of carbonyl (C=O) groups is 1. The van der Waals surface area contributed by atoms with Crippen LogP contribution in [0.3, 0.4) is 0 Å². The summed E-state index contributed by atoms with van der Waals surface area (Å²) < 4.78 is 10.4. The van der Waals surface area contributed by atoms with Gasteiger partial charge in [0.25, 0.3) is 0 Å². The van der Waals surface area contributed by atoms with Crippen molar-refractivity contribution in [1.82, 2.24) is 0 Å². The van der Waals surface area contributed by atoms with Gasteiger partial charge in [0.05, 0.1) is 19.1 Å². The molecule has 0 aromatic heterocycles. The molecule has 0 aliphatic carbocycles. The molecule has 14 heavy (non-hydrogen) atoms. The molecule has 1 atom stereocenters. The Hall–Kier alpha value is -0.830. The highest BCUT2D eigenvalue weighted by molar-refractivity contribution is 5.70. The fourth-order valence-electron chi connectivity index (χ4n) is 1.88. The second kappa shape index (κ2) is 5.15. The number of hydrogen-bond donors (Lipinski definition) is 0. The lowest BCUT2D eigenvalue weighted by molar-refractivity contribution is -0.152. The van der Waals surface area contributed by atoms with Gasteiger partial charge in [0.1, 0.15) is 0 Å². The van der Waals surface area contributed by atoms with Crippen LogP contribution in [0.2, 0.25) is 0 Å². The van der Waals surface area contributed by atoms with E-state index in [-0.39, 0.29) is 11.6 Å². The van der Waals surface area contributed by atoms with Crippen LogP contribution in [0.1, 0.15) is 32.1 Å². The van der Waals surface area contributed by atoms with Crippen molar-refractivity contribution in [2.45, 2.75) is 37.7 Å². The minimum atomic E-state index is -0.340. The van der Waals surface area contributed by atoms with Gasteiger partial charge < -0.3 is 9.47 Å². The molecule has 1 rings (SSSR count). The predicted molar refractivity (Wildman–Crippen MR) is 54.0 cm³/mol. The van der Waals surface area contributed by atoms with Crippen molar-refractivity contribution in [2.75, 3.05) is 13.7 Å². The smallest absolute Gasteiger partial charge is 0.308 e. The zero-order valence-electron chi connectivity index (χ0n) is 8.75. The summed E-state index contributed by atoms with van der Waals surface area (Å²) >= 11 is 0. The molecule has 0 amide bonds. The Kier molecular flexibility index (Phi) is 4.14. The van der Waals surface area contributed by atoms with E-state index < -0.39 is 0 Å². The van der Waals surface area contributed by atoms with Gasteiger partial charge in [0.2, 0.25) is 0 Å². The van der Waals surface area contributed by atoms with Crippen molar-refractivity contribution in [3.8, 4) is 0 Å². The van der Waals surface area contributed by atoms with E-state index in [0.29, 0.717) is 6.42 Å². The van der Waals surface area contributed by atoms with Crippen LogP contribution in [0.4, 0.5) is 0 Å². The summed E-state index contributed by atoms with van der Waals surface area (Å²) in [5, 5.41) is 0. The maximum atomic E-state index is 11.2. The molecule has 80 valence electrons. The molecule has 0 N–H and O–H groups in total. The van der Waals surface area contributed by atoms with Crippen LogP contribution in [-0.2, 0) is 14.3 Å². The average molecular weight is 198 g/mol. The highest BCUT2D eigenvalue weighted by Gasteiger charge is 2.34. The zero-order valence-corrected chi connectivity index (χ0v) is 8.75. The van der Waals surface area contributed by atoms with Gasteiger partial charge >= 0.3 is 5.97 Å². The number of rotatable bonds is 4. The molecule has 0 bridgehead atoms. The van der Waals surface area contributed by atoms with Gasteiger partial charge in [-0.3, -0.25) is 4.79 Å². The van der Waals surface area contributed by atoms with Gasteiger partial charge in [-0.25, -0.2) is 0 Å². The molecular weight excluding hydrogens is 180 g/mol. The Labute approximate surface area is 85.1 Å². The van der Waals surface area contributed by atoms with E-state index in [1.165, 1.54) is 7.11 Å². The van der Waals surface area contributed by atoms with Gasteiger partial charge in [0.15, 0.2) is 0 Å². The van der Waals surface area contributed by atoms with E-state index in [0.717, 1.165) is 32.3 Å². The third-order valence-electron chi connectivity index (χ3n) is 2.65. The molecule has 0 spiro atoms. The van der Waals surface area contributed by atoms with Gasteiger partial charge in [-0.05, 0) is 25.7 Å². The van der Waals surface area contributed by atoms with Crippen molar-refractivity contribution in [3.05, 3.63) is 12.7 Å². The average Bonchev–Trinajstić information content (AvgIpc) is 2.19. The zero-order chi connectivity index (χ0) is 10.4.